The van der Waals surface area contributed by atoms with Crippen LogP contribution in [0.2, 0.25) is 0 Å². The predicted molar refractivity (Wildman–Crippen MR) is 84.1 cm³/mol. The molecule has 1 fully saturated rings. The van der Waals surface area contributed by atoms with Gasteiger partial charge in [-0.15, -0.1) is 0 Å². The molecule has 0 saturated heterocycles. The molecule has 22 heavy (non-hydrogen) atoms. The molecule has 1 aliphatic rings. The van der Waals surface area contributed by atoms with Crippen molar-refractivity contribution in [1.82, 2.24) is 0 Å². The highest BCUT2D eigenvalue weighted by Gasteiger charge is 2.27. The van der Waals surface area contributed by atoms with Crippen LogP contribution in [0.15, 0.2) is 48.5 Å². The van der Waals surface area contributed by atoms with Crippen molar-refractivity contribution in [1.29, 1.82) is 0 Å². The zero-order valence-electron chi connectivity index (χ0n) is 12.1. The van der Waals surface area contributed by atoms with Crippen LogP contribution in [0.3, 0.4) is 0 Å². The molecule has 0 bridgehead atoms. The van der Waals surface area contributed by atoms with Gasteiger partial charge in [-0.1, -0.05) is 30.3 Å². The first-order valence-electron chi connectivity index (χ1n) is 7.32. The number of anilines is 1. The van der Waals surface area contributed by atoms with Gasteiger partial charge < -0.3 is 10.0 Å². The number of para-hydroxylation sites is 1. The van der Waals surface area contributed by atoms with Crippen molar-refractivity contribution in [2.24, 2.45) is 0 Å². The second-order valence-corrected chi connectivity index (χ2v) is 5.57. The molecule has 4 heteroatoms. The summed E-state index contributed by atoms with van der Waals surface area (Å²) in [6.45, 7) is 0.369. The predicted octanol–water partition coefficient (Wildman–Crippen LogP) is 3.43. The van der Waals surface area contributed by atoms with Crippen LogP contribution >= 0.6 is 0 Å². The summed E-state index contributed by atoms with van der Waals surface area (Å²) in [4.78, 5) is 24.2. The summed E-state index contributed by atoms with van der Waals surface area (Å²) in [6, 6.07) is 14.6. The topological polar surface area (TPSA) is 57.6 Å². The van der Waals surface area contributed by atoms with Gasteiger partial charge in [0.25, 0.3) is 0 Å². The summed E-state index contributed by atoms with van der Waals surface area (Å²) in [6.07, 6.45) is 3.14. The van der Waals surface area contributed by atoms with Crippen LogP contribution in [0.4, 0.5) is 5.69 Å². The molecule has 0 aromatic heterocycles. The van der Waals surface area contributed by atoms with E-state index in [0.717, 1.165) is 30.5 Å². The molecule has 0 radical (unpaired) electrons. The number of nitrogens with zero attached hydrogens (tertiary/aromatic N) is 1. The average Bonchev–Trinajstić information content (AvgIpc) is 3.38. The van der Waals surface area contributed by atoms with E-state index in [1.165, 1.54) is 5.56 Å². The maximum Gasteiger partial charge on any atom is 0.335 e. The molecule has 1 saturated carbocycles. The van der Waals surface area contributed by atoms with E-state index in [1.54, 1.807) is 23.1 Å². The molecule has 1 N–H and O–H groups in total. The van der Waals surface area contributed by atoms with Gasteiger partial charge in [0.15, 0.2) is 0 Å². The minimum atomic E-state index is -0.960. The van der Waals surface area contributed by atoms with Crippen molar-refractivity contribution in [2.45, 2.75) is 25.3 Å². The average molecular weight is 295 g/mol. The summed E-state index contributed by atoms with van der Waals surface area (Å²) < 4.78 is 0. The van der Waals surface area contributed by atoms with E-state index in [-0.39, 0.29) is 5.56 Å². The Morgan fingerprint density at radius 2 is 1.95 bits per heavy atom. The third-order valence-electron chi connectivity index (χ3n) is 3.92. The number of hydrogen-bond donors (Lipinski definition) is 1. The maximum absolute atomic E-state index is 11.5. The van der Waals surface area contributed by atoms with Crippen LogP contribution < -0.4 is 4.90 Å². The lowest BCUT2D eigenvalue weighted by molar-refractivity contribution is -0.107. The van der Waals surface area contributed by atoms with E-state index < -0.39 is 5.97 Å². The van der Waals surface area contributed by atoms with Gasteiger partial charge >= 0.3 is 5.97 Å². The van der Waals surface area contributed by atoms with Gasteiger partial charge in [0.2, 0.25) is 6.41 Å². The van der Waals surface area contributed by atoms with E-state index in [2.05, 4.69) is 6.07 Å². The van der Waals surface area contributed by atoms with E-state index >= 15 is 0 Å². The number of carboxylic acid groups (broad SMARTS) is 1. The molecule has 2 aromatic rings. The first-order chi connectivity index (χ1) is 10.7. The second kappa shape index (κ2) is 6.02. The highest BCUT2D eigenvalue weighted by molar-refractivity contribution is 5.87. The van der Waals surface area contributed by atoms with Crippen molar-refractivity contribution in [2.75, 3.05) is 4.90 Å². The molecule has 0 unspecified atom stereocenters. The Bertz CT molecular complexity index is 707. The third-order valence-corrected chi connectivity index (χ3v) is 3.92. The largest absolute Gasteiger partial charge is 0.478 e. The minimum absolute atomic E-state index is 0.235. The minimum Gasteiger partial charge on any atom is -0.478 e. The molecule has 112 valence electrons. The lowest BCUT2D eigenvalue weighted by atomic mass is 10.1. The molecular formula is C18H17NO3. The summed E-state index contributed by atoms with van der Waals surface area (Å²) in [5.41, 5.74) is 3.15. The Kier molecular flexibility index (Phi) is 3.92. The van der Waals surface area contributed by atoms with Gasteiger partial charge in [-0.3, -0.25) is 4.79 Å². The molecule has 2 aromatic carbocycles. The van der Waals surface area contributed by atoms with Gasteiger partial charge in [0, 0.05) is 5.69 Å². The Hall–Kier alpha value is -2.62. The van der Waals surface area contributed by atoms with Gasteiger partial charge in [0.1, 0.15) is 0 Å². The summed E-state index contributed by atoms with van der Waals surface area (Å²) in [5, 5.41) is 9.06. The van der Waals surface area contributed by atoms with Gasteiger partial charge in [-0.2, -0.15) is 0 Å². The Labute approximate surface area is 129 Å². The van der Waals surface area contributed by atoms with Gasteiger partial charge in [0.05, 0.1) is 12.1 Å². The van der Waals surface area contributed by atoms with E-state index in [4.69, 9.17) is 5.11 Å². The molecule has 1 aliphatic carbocycles. The zero-order valence-corrected chi connectivity index (χ0v) is 12.1. The van der Waals surface area contributed by atoms with E-state index in [0.29, 0.717) is 12.5 Å². The zero-order chi connectivity index (χ0) is 15.5. The number of benzene rings is 2. The highest BCUT2D eigenvalue weighted by Crippen LogP contribution is 2.44. The molecule has 0 spiro atoms. The second-order valence-electron chi connectivity index (χ2n) is 5.57. The van der Waals surface area contributed by atoms with Crippen LogP contribution in [-0.2, 0) is 11.3 Å². The van der Waals surface area contributed by atoms with E-state index in [9.17, 15) is 9.59 Å². The van der Waals surface area contributed by atoms with Crippen LogP contribution in [0.1, 0.15) is 40.2 Å². The fourth-order valence-corrected chi connectivity index (χ4v) is 2.67. The van der Waals surface area contributed by atoms with Crippen molar-refractivity contribution in [3.8, 4) is 0 Å². The quantitative estimate of drug-likeness (QED) is 0.831. The standard InChI is InChI=1S/C18H17NO3/c20-12-19(11-13-4-3-5-15(10-13)18(21)22)17-7-2-1-6-16(17)14-8-9-14/h1-7,10,12,14H,8-9,11H2,(H,21,22). The van der Waals surface area contributed by atoms with Gasteiger partial charge in [-0.25, -0.2) is 4.79 Å². The maximum atomic E-state index is 11.5. The smallest absolute Gasteiger partial charge is 0.335 e. The summed E-state index contributed by atoms with van der Waals surface area (Å²) in [7, 11) is 0. The fraction of sp³-hybridized carbons (Fsp3) is 0.222. The number of carboxylic acids is 1. The Morgan fingerprint density at radius 1 is 1.18 bits per heavy atom. The van der Waals surface area contributed by atoms with Crippen LogP contribution in [-0.4, -0.2) is 17.5 Å². The molecule has 0 aliphatic heterocycles. The lowest BCUT2D eigenvalue weighted by Crippen LogP contribution is -2.21. The number of rotatable bonds is 6. The number of carbonyl (C=O) groups is 2. The number of hydrogen-bond acceptors (Lipinski definition) is 2. The summed E-state index contributed by atoms with van der Waals surface area (Å²) in [5.74, 6) is -0.415. The summed E-state index contributed by atoms with van der Waals surface area (Å²) >= 11 is 0. The first kappa shape index (κ1) is 14.3. The van der Waals surface area contributed by atoms with Crippen LogP contribution in [0.25, 0.3) is 0 Å². The highest BCUT2D eigenvalue weighted by atomic mass is 16.4. The van der Waals surface area contributed by atoms with Crippen molar-refractivity contribution >= 4 is 18.1 Å². The SMILES string of the molecule is O=CN(Cc1cccc(C(=O)O)c1)c1ccccc1C1CC1. The van der Waals surface area contributed by atoms with Crippen molar-refractivity contribution < 1.29 is 14.7 Å². The van der Waals surface area contributed by atoms with Crippen molar-refractivity contribution in [3.63, 3.8) is 0 Å². The molecule has 3 rings (SSSR count). The number of amides is 1. The molecular weight excluding hydrogens is 278 g/mol. The third kappa shape index (κ3) is 3.01. The molecule has 0 heterocycles. The first-order valence-corrected chi connectivity index (χ1v) is 7.32. The van der Waals surface area contributed by atoms with Crippen LogP contribution in [0, 0.1) is 0 Å². The Balaban J connectivity index is 1.88. The normalized spacial score (nSPS) is 13.6. The number of carbonyl (C=O) groups excluding carboxylic acids is 1. The fourth-order valence-electron chi connectivity index (χ4n) is 2.67. The lowest BCUT2D eigenvalue weighted by Gasteiger charge is -2.21. The number of aromatic carboxylic acids is 1. The van der Waals surface area contributed by atoms with Gasteiger partial charge in [-0.05, 0) is 48.1 Å². The molecule has 1 amide bonds. The van der Waals surface area contributed by atoms with E-state index in [1.807, 2.05) is 24.3 Å². The van der Waals surface area contributed by atoms with Crippen LogP contribution in [0.5, 0.6) is 0 Å². The monoisotopic (exact) mass is 295 g/mol. The van der Waals surface area contributed by atoms with Crippen molar-refractivity contribution in [3.05, 3.63) is 65.2 Å². The Morgan fingerprint density at radius 3 is 2.64 bits per heavy atom. The molecule has 4 nitrogen and oxygen atoms in total. The molecule has 0 atom stereocenters.